The molecule has 0 bridgehead atoms. The van der Waals surface area contributed by atoms with Crippen LogP contribution in [0.1, 0.15) is 55.9 Å². The van der Waals surface area contributed by atoms with E-state index in [0.29, 0.717) is 18.4 Å². The number of aromatic nitrogens is 3. The standard InChI is InChI=1S/C16H22N4O/c1-2-17-13-8-6-12(7-9-13)16-19-15(20-21-16)11-14-5-3-4-10-18-14/h3-5,10,12-13,17H,2,6-9,11H2,1H3. The van der Waals surface area contributed by atoms with Crippen molar-refractivity contribution >= 4 is 0 Å². The van der Waals surface area contributed by atoms with Gasteiger partial charge in [-0.3, -0.25) is 4.98 Å². The van der Waals surface area contributed by atoms with Gasteiger partial charge in [0, 0.05) is 23.9 Å². The Morgan fingerprint density at radius 1 is 1.24 bits per heavy atom. The third-order valence-electron chi connectivity index (χ3n) is 4.12. The molecular formula is C16H22N4O. The fourth-order valence-corrected chi connectivity index (χ4v) is 3.00. The lowest BCUT2D eigenvalue weighted by Crippen LogP contribution is -2.32. The Balaban J connectivity index is 1.58. The fraction of sp³-hybridized carbons (Fsp3) is 0.562. The van der Waals surface area contributed by atoms with E-state index in [1.807, 2.05) is 18.2 Å². The van der Waals surface area contributed by atoms with Crippen LogP contribution in [0.4, 0.5) is 0 Å². The summed E-state index contributed by atoms with van der Waals surface area (Å²) in [4.78, 5) is 8.86. The second-order valence-electron chi connectivity index (χ2n) is 5.65. The van der Waals surface area contributed by atoms with Crippen LogP contribution in [0.25, 0.3) is 0 Å². The van der Waals surface area contributed by atoms with Crippen LogP contribution >= 0.6 is 0 Å². The van der Waals surface area contributed by atoms with Crippen molar-refractivity contribution in [1.29, 1.82) is 0 Å². The zero-order valence-corrected chi connectivity index (χ0v) is 12.5. The molecule has 1 fully saturated rings. The molecule has 1 N–H and O–H groups in total. The fourth-order valence-electron chi connectivity index (χ4n) is 3.00. The van der Waals surface area contributed by atoms with Gasteiger partial charge in [-0.15, -0.1) is 0 Å². The number of rotatable bonds is 5. The third kappa shape index (κ3) is 3.67. The molecule has 0 aliphatic heterocycles. The van der Waals surface area contributed by atoms with Crippen LogP contribution in [-0.2, 0) is 6.42 Å². The monoisotopic (exact) mass is 286 g/mol. The molecule has 0 spiro atoms. The SMILES string of the molecule is CCNC1CCC(c2nc(Cc3ccccn3)no2)CC1. The van der Waals surface area contributed by atoms with Crippen molar-refractivity contribution in [2.75, 3.05) is 6.54 Å². The van der Waals surface area contributed by atoms with Gasteiger partial charge >= 0.3 is 0 Å². The molecule has 0 aromatic carbocycles. The van der Waals surface area contributed by atoms with Gasteiger partial charge in [-0.05, 0) is 44.4 Å². The van der Waals surface area contributed by atoms with Gasteiger partial charge in [-0.25, -0.2) is 0 Å². The van der Waals surface area contributed by atoms with Gasteiger partial charge in [0.05, 0.1) is 6.42 Å². The van der Waals surface area contributed by atoms with E-state index in [1.54, 1.807) is 6.20 Å². The lowest BCUT2D eigenvalue weighted by Gasteiger charge is -2.26. The lowest BCUT2D eigenvalue weighted by atomic mass is 9.86. The zero-order chi connectivity index (χ0) is 14.5. The van der Waals surface area contributed by atoms with Gasteiger partial charge in [-0.2, -0.15) is 4.98 Å². The van der Waals surface area contributed by atoms with Gasteiger partial charge < -0.3 is 9.84 Å². The van der Waals surface area contributed by atoms with Crippen molar-refractivity contribution < 1.29 is 4.52 Å². The Bertz CT molecular complexity index is 546. The molecule has 1 aliphatic carbocycles. The van der Waals surface area contributed by atoms with E-state index in [2.05, 4.69) is 27.4 Å². The highest BCUT2D eigenvalue weighted by Gasteiger charge is 2.26. The molecule has 5 nitrogen and oxygen atoms in total. The van der Waals surface area contributed by atoms with Gasteiger partial charge in [0.1, 0.15) is 0 Å². The summed E-state index contributed by atoms with van der Waals surface area (Å²) in [5.74, 6) is 1.96. The number of nitrogens with one attached hydrogen (secondary N) is 1. The summed E-state index contributed by atoms with van der Waals surface area (Å²) >= 11 is 0. The normalized spacial score (nSPS) is 22.3. The van der Waals surface area contributed by atoms with Crippen LogP contribution in [0.3, 0.4) is 0 Å². The van der Waals surface area contributed by atoms with Crippen molar-refractivity contribution in [3.05, 3.63) is 41.8 Å². The first-order valence-electron chi connectivity index (χ1n) is 7.81. The summed E-state index contributed by atoms with van der Waals surface area (Å²) in [5.41, 5.74) is 0.973. The molecule has 1 saturated carbocycles. The first-order chi connectivity index (χ1) is 10.3. The minimum atomic E-state index is 0.421. The van der Waals surface area contributed by atoms with Crippen LogP contribution in [-0.4, -0.2) is 27.7 Å². The second kappa shape index (κ2) is 6.80. The molecule has 1 aliphatic rings. The van der Waals surface area contributed by atoms with Crippen molar-refractivity contribution in [3.63, 3.8) is 0 Å². The van der Waals surface area contributed by atoms with Crippen LogP contribution in [0.2, 0.25) is 0 Å². The minimum Gasteiger partial charge on any atom is -0.339 e. The Morgan fingerprint density at radius 2 is 2.10 bits per heavy atom. The predicted molar refractivity (Wildman–Crippen MR) is 80.0 cm³/mol. The van der Waals surface area contributed by atoms with E-state index in [-0.39, 0.29) is 0 Å². The highest BCUT2D eigenvalue weighted by atomic mass is 16.5. The van der Waals surface area contributed by atoms with Gasteiger partial charge in [0.2, 0.25) is 5.89 Å². The molecule has 0 atom stereocenters. The van der Waals surface area contributed by atoms with Crippen LogP contribution < -0.4 is 5.32 Å². The molecule has 2 aromatic heterocycles. The first kappa shape index (κ1) is 14.2. The molecule has 0 unspecified atom stereocenters. The summed E-state index contributed by atoms with van der Waals surface area (Å²) in [7, 11) is 0. The molecule has 21 heavy (non-hydrogen) atoms. The van der Waals surface area contributed by atoms with Crippen LogP contribution in [0.15, 0.2) is 28.9 Å². The van der Waals surface area contributed by atoms with E-state index >= 15 is 0 Å². The molecule has 3 rings (SSSR count). The molecule has 2 heterocycles. The van der Waals surface area contributed by atoms with Crippen LogP contribution in [0, 0.1) is 0 Å². The minimum absolute atomic E-state index is 0.421. The molecule has 5 heteroatoms. The quantitative estimate of drug-likeness (QED) is 0.915. The topological polar surface area (TPSA) is 63.8 Å². The average molecular weight is 286 g/mol. The Labute approximate surface area is 125 Å². The molecule has 2 aromatic rings. The van der Waals surface area contributed by atoms with Crippen LogP contribution in [0.5, 0.6) is 0 Å². The Morgan fingerprint density at radius 3 is 2.81 bits per heavy atom. The van der Waals surface area contributed by atoms with E-state index in [1.165, 1.54) is 12.8 Å². The number of hydrogen-bond donors (Lipinski definition) is 1. The molecule has 0 amide bonds. The maximum Gasteiger partial charge on any atom is 0.229 e. The summed E-state index contributed by atoms with van der Waals surface area (Å²) in [6.45, 7) is 3.21. The molecule has 0 radical (unpaired) electrons. The highest BCUT2D eigenvalue weighted by Crippen LogP contribution is 2.31. The van der Waals surface area contributed by atoms with E-state index in [0.717, 1.165) is 36.8 Å². The van der Waals surface area contributed by atoms with Gasteiger partial charge in [0.25, 0.3) is 0 Å². The van der Waals surface area contributed by atoms with Crippen molar-refractivity contribution in [2.24, 2.45) is 0 Å². The largest absolute Gasteiger partial charge is 0.339 e. The lowest BCUT2D eigenvalue weighted by molar-refractivity contribution is 0.284. The summed E-state index contributed by atoms with van der Waals surface area (Å²) < 4.78 is 5.46. The number of nitrogens with zero attached hydrogens (tertiary/aromatic N) is 3. The van der Waals surface area contributed by atoms with E-state index in [9.17, 15) is 0 Å². The van der Waals surface area contributed by atoms with E-state index < -0.39 is 0 Å². The maximum atomic E-state index is 5.46. The van der Waals surface area contributed by atoms with Crippen molar-refractivity contribution in [3.8, 4) is 0 Å². The molecule has 0 saturated heterocycles. The average Bonchev–Trinajstić information content (AvgIpc) is 2.98. The maximum absolute atomic E-state index is 5.46. The predicted octanol–water partition coefficient (Wildman–Crippen LogP) is 2.69. The third-order valence-corrected chi connectivity index (χ3v) is 4.12. The number of hydrogen-bond acceptors (Lipinski definition) is 5. The summed E-state index contributed by atoms with van der Waals surface area (Å²) in [6, 6.07) is 6.53. The molecular weight excluding hydrogens is 264 g/mol. The van der Waals surface area contributed by atoms with Gasteiger partial charge in [0.15, 0.2) is 5.82 Å². The number of pyridine rings is 1. The van der Waals surface area contributed by atoms with E-state index in [4.69, 9.17) is 4.52 Å². The smallest absolute Gasteiger partial charge is 0.229 e. The highest BCUT2D eigenvalue weighted by molar-refractivity contribution is 5.09. The zero-order valence-electron chi connectivity index (χ0n) is 12.5. The van der Waals surface area contributed by atoms with Gasteiger partial charge in [-0.1, -0.05) is 18.1 Å². The Hall–Kier alpha value is -1.75. The summed E-state index contributed by atoms with van der Waals surface area (Å²) in [5, 5.41) is 7.62. The van der Waals surface area contributed by atoms with Crippen molar-refractivity contribution in [1.82, 2.24) is 20.4 Å². The summed E-state index contributed by atoms with van der Waals surface area (Å²) in [6.07, 6.45) is 7.06. The second-order valence-corrected chi connectivity index (χ2v) is 5.65. The van der Waals surface area contributed by atoms with Crippen molar-refractivity contribution in [2.45, 2.75) is 51.0 Å². The Kier molecular flexibility index (Phi) is 4.60. The molecule has 112 valence electrons. The first-order valence-corrected chi connectivity index (χ1v) is 7.81.